The third-order valence-electron chi connectivity index (χ3n) is 3.85. The van der Waals surface area contributed by atoms with Crippen LogP contribution in [0, 0.1) is 30.1 Å². The zero-order chi connectivity index (χ0) is 13.2. The van der Waals surface area contributed by atoms with Crippen LogP contribution in [-0.2, 0) is 0 Å². The predicted octanol–water partition coefficient (Wildman–Crippen LogP) is 4.13. The van der Waals surface area contributed by atoms with Gasteiger partial charge in [-0.3, -0.25) is 0 Å². The Labute approximate surface area is 110 Å². The average Bonchev–Trinajstić information content (AvgIpc) is 2.31. The number of hydrogen-bond acceptors (Lipinski definition) is 2. The molecule has 0 spiro atoms. The first-order chi connectivity index (χ1) is 8.53. The van der Waals surface area contributed by atoms with Crippen molar-refractivity contribution in [3.05, 3.63) is 29.8 Å². The lowest BCUT2D eigenvalue weighted by Crippen LogP contribution is -2.43. The van der Waals surface area contributed by atoms with Crippen molar-refractivity contribution < 1.29 is 0 Å². The van der Waals surface area contributed by atoms with Crippen molar-refractivity contribution >= 4 is 5.69 Å². The van der Waals surface area contributed by atoms with Gasteiger partial charge in [0.2, 0.25) is 0 Å². The van der Waals surface area contributed by atoms with Crippen LogP contribution >= 0.6 is 0 Å². The van der Waals surface area contributed by atoms with Crippen LogP contribution in [0.25, 0.3) is 0 Å². The lowest BCUT2D eigenvalue weighted by molar-refractivity contribution is 0.240. The van der Waals surface area contributed by atoms with Crippen LogP contribution in [0.3, 0.4) is 0 Å². The maximum Gasteiger partial charge on any atom is 0.125 e. The van der Waals surface area contributed by atoms with E-state index in [4.69, 9.17) is 0 Å². The van der Waals surface area contributed by atoms with Gasteiger partial charge in [0.1, 0.15) is 5.54 Å². The molecule has 0 heterocycles. The fourth-order valence-electron chi connectivity index (χ4n) is 3.26. The SMILES string of the molecule is Cc1ccc(NC2(C#N)CC(C)CC(C)C2)cc1. The van der Waals surface area contributed by atoms with E-state index < -0.39 is 0 Å². The highest BCUT2D eigenvalue weighted by atomic mass is 15.0. The Morgan fingerprint density at radius 1 is 1.17 bits per heavy atom. The van der Waals surface area contributed by atoms with Gasteiger partial charge in [-0.05, 0) is 50.2 Å². The summed E-state index contributed by atoms with van der Waals surface area (Å²) in [5.41, 5.74) is 1.92. The molecule has 1 saturated carbocycles. The average molecular weight is 242 g/mol. The minimum absolute atomic E-state index is 0.383. The maximum absolute atomic E-state index is 9.58. The quantitative estimate of drug-likeness (QED) is 0.846. The molecule has 0 bridgehead atoms. The molecule has 1 aliphatic carbocycles. The van der Waals surface area contributed by atoms with Crippen LogP contribution in [0.4, 0.5) is 5.69 Å². The second kappa shape index (κ2) is 5.02. The molecule has 0 saturated heterocycles. The largest absolute Gasteiger partial charge is 0.367 e. The van der Waals surface area contributed by atoms with Crippen molar-refractivity contribution in [1.29, 1.82) is 5.26 Å². The molecule has 2 unspecified atom stereocenters. The first-order valence-corrected chi connectivity index (χ1v) is 6.79. The molecule has 1 aromatic rings. The number of nitrogens with one attached hydrogen (secondary N) is 1. The van der Waals surface area contributed by atoms with Crippen LogP contribution in [-0.4, -0.2) is 5.54 Å². The fourth-order valence-corrected chi connectivity index (χ4v) is 3.26. The maximum atomic E-state index is 9.58. The van der Waals surface area contributed by atoms with Crippen molar-refractivity contribution in [3.8, 4) is 6.07 Å². The number of anilines is 1. The van der Waals surface area contributed by atoms with Crippen LogP contribution < -0.4 is 5.32 Å². The van der Waals surface area contributed by atoms with Crippen molar-refractivity contribution in [1.82, 2.24) is 0 Å². The van der Waals surface area contributed by atoms with E-state index in [1.165, 1.54) is 12.0 Å². The van der Waals surface area contributed by atoms with Crippen molar-refractivity contribution in [3.63, 3.8) is 0 Å². The molecule has 0 amide bonds. The second-order valence-electron chi connectivity index (χ2n) is 6.04. The molecule has 96 valence electrons. The third-order valence-corrected chi connectivity index (χ3v) is 3.85. The van der Waals surface area contributed by atoms with Crippen LogP contribution in [0.15, 0.2) is 24.3 Å². The van der Waals surface area contributed by atoms with Gasteiger partial charge in [-0.25, -0.2) is 0 Å². The molecule has 0 radical (unpaired) electrons. The lowest BCUT2D eigenvalue weighted by atomic mass is 9.72. The van der Waals surface area contributed by atoms with Crippen molar-refractivity contribution in [2.24, 2.45) is 11.8 Å². The van der Waals surface area contributed by atoms with Gasteiger partial charge in [0.25, 0.3) is 0 Å². The highest BCUT2D eigenvalue weighted by molar-refractivity contribution is 5.49. The number of benzene rings is 1. The Hall–Kier alpha value is -1.49. The van der Waals surface area contributed by atoms with Gasteiger partial charge < -0.3 is 5.32 Å². The van der Waals surface area contributed by atoms with E-state index in [1.807, 2.05) is 0 Å². The molecule has 1 fully saturated rings. The summed E-state index contributed by atoms with van der Waals surface area (Å²) in [6.07, 6.45) is 3.13. The van der Waals surface area contributed by atoms with Gasteiger partial charge in [-0.2, -0.15) is 5.26 Å². The highest BCUT2D eigenvalue weighted by Gasteiger charge is 2.38. The highest BCUT2D eigenvalue weighted by Crippen LogP contribution is 2.37. The molecule has 2 heteroatoms. The van der Waals surface area contributed by atoms with Gasteiger partial charge in [-0.15, -0.1) is 0 Å². The van der Waals surface area contributed by atoms with E-state index in [1.54, 1.807) is 0 Å². The summed E-state index contributed by atoms with van der Waals surface area (Å²) in [5.74, 6) is 1.23. The van der Waals surface area contributed by atoms with E-state index in [9.17, 15) is 5.26 Å². The van der Waals surface area contributed by atoms with Crippen LogP contribution in [0.2, 0.25) is 0 Å². The lowest BCUT2D eigenvalue weighted by Gasteiger charge is -2.39. The Morgan fingerprint density at radius 3 is 2.22 bits per heavy atom. The minimum atomic E-state index is -0.383. The molecular formula is C16H22N2. The van der Waals surface area contributed by atoms with E-state index in [-0.39, 0.29) is 5.54 Å². The minimum Gasteiger partial charge on any atom is -0.367 e. The van der Waals surface area contributed by atoms with Gasteiger partial charge in [0.15, 0.2) is 0 Å². The normalized spacial score (nSPS) is 31.7. The molecule has 2 atom stereocenters. The van der Waals surface area contributed by atoms with E-state index >= 15 is 0 Å². The summed E-state index contributed by atoms with van der Waals surface area (Å²) in [6.45, 7) is 6.58. The molecule has 1 aromatic carbocycles. The summed E-state index contributed by atoms with van der Waals surface area (Å²) in [6, 6.07) is 10.8. The van der Waals surface area contributed by atoms with Gasteiger partial charge in [-0.1, -0.05) is 31.5 Å². The molecule has 0 aromatic heterocycles. The smallest absolute Gasteiger partial charge is 0.125 e. The molecule has 2 nitrogen and oxygen atoms in total. The van der Waals surface area contributed by atoms with E-state index in [0.717, 1.165) is 18.5 Å². The summed E-state index contributed by atoms with van der Waals surface area (Å²) in [5, 5.41) is 13.1. The van der Waals surface area contributed by atoms with E-state index in [2.05, 4.69) is 56.4 Å². The summed E-state index contributed by atoms with van der Waals surface area (Å²) < 4.78 is 0. The topological polar surface area (TPSA) is 35.8 Å². The molecular weight excluding hydrogens is 220 g/mol. The Morgan fingerprint density at radius 2 is 1.72 bits per heavy atom. The Bertz CT molecular complexity index is 431. The van der Waals surface area contributed by atoms with Gasteiger partial charge in [0.05, 0.1) is 6.07 Å². The fraction of sp³-hybridized carbons (Fsp3) is 0.562. The second-order valence-corrected chi connectivity index (χ2v) is 6.04. The molecule has 1 aliphatic rings. The predicted molar refractivity (Wildman–Crippen MR) is 75.3 cm³/mol. The van der Waals surface area contributed by atoms with Gasteiger partial charge >= 0.3 is 0 Å². The monoisotopic (exact) mass is 242 g/mol. The Kier molecular flexibility index (Phi) is 3.61. The number of nitriles is 1. The van der Waals surface area contributed by atoms with Crippen molar-refractivity contribution in [2.45, 2.75) is 45.6 Å². The summed E-state index contributed by atoms with van der Waals surface area (Å²) in [7, 11) is 0. The standard InChI is InChI=1S/C16H22N2/c1-12-4-6-15(7-5-12)18-16(11-17)9-13(2)8-14(3)10-16/h4-7,13-14,18H,8-10H2,1-3H3. The van der Waals surface area contributed by atoms with Crippen LogP contribution in [0.1, 0.15) is 38.7 Å². The molecule has 1 N–H and O–H groups in total. The Balaban J connectivity index is 2.18. The molecule has 2 rings (SSSR count). The van der Waals surface area contributed by atoms with Gasteiger partial charge in [0, 0.05) is 5.69 Å². The number of aryl methyl sites for hydroxylation is 1. The zero-order valence-corrected chi connectivity index (χ0v) is 11.5. The first kappa shape index (κ1) is 13.0. The number of hydrogen-bond donors (Lipinski definition) is 1. The third kappa shape index (κ3) is 2.85. The van der Waals surface area contributed by atoms with E-state index in [0.29, 0.717) is 11.8 Å². The van der Waals surface area contributed by atoms with Crippen molar-refractivity contribution in [2.75, 3.05) is 5.32 Å². The zero-order valence-electron chi connectivity index (χ0n) is 11.5. The summed E-state index contributed by atoms with van der Waals surface area (Å²) >= 11 is 0. The number of rotatable bonds is 2. The number of nitrogens with zero attached hydrogens (tertiary/aromatic N) is 1. The summed E-state index contributed by atoms with van der Waals surface area (Å²) in [4.78, 5) is 0. The molecule has 0 aliphatic heterocycles. The van der Waals surface area contributed by atoms with Crippen LogP contribution in [0.5, 0.6) is 0 Å². The first-order valence-electron chi connectivity index (χ1n) is 6.79. The molecule has 18 heavy (non-hydrogen) atoms.